The minimum Gasteiger partial charge on any atom is -0.296 e. The molecule has 0 atom stereocenters. The van der Waals surface area contributed by atoms with Gasteiger partial charge in [0, 0.05) is 31.6 Å². The molecule has 0 spiro atoms. The van der Waals surface area contributed by atoms with Crippen molar-refractivity contribution < 1.29 is 9.31 Å². The highest BCUT2D eigenvalue weighted by Gasteiger charge is 2.14. The second kappa shape index (κ2) is 6.81. The lowest BCUT2D eigenvalue weighted by molar-refractivity contribution is -0.385. The number of nitriles is 1. The lowest BCUT2D eigenvalue weighted by Gasteiger charge is -2.25. The number of nitro benzene ring substituents is 1. The molecule has 0 unspecified atom stereocenters. The van der Waals surface area contributed by atoms with Crippen molar-refractivity contribution in [2.75, 3.05) is 6.54 Å². The Labute approximate surface area is 111 Å². The van der Waals surface area contributed by atoms with Gasteiger partial charge in [0.05, 0.1) is 17.1 Å². The summed E-state index contributed by atoms with van der Waals surface area (Å²) in [5.74, 6) is -0.617. The third kappa shape index (κ3) is 4.64. The molecule has 0 saturated carbocycles. The van der Waals surface area contributed by atoms with Gasteiger partial charge >= 0.3 is 0 Å². The van der Waals surface area contributed by atoms with Crippen LogP contribution in [0.2, 0.25) is 0 Å². The quantitative estimate of drug-likeness (QED) is 0.585. The zero-order chi connectivity index (χ0) is 14.4. The second-order valence-electron chi connectivity index (χ2n) is 4.55. The first-order valence-corrected chi connectivity index (χ1v) is 5.99. The fourth-order valence-electron chi connectivity index (χ4n) is 1.78. The van der Waals surface area contributed by atoms with Crippen LogP contribution < -0.4 is 0 Å². The van der Waals surface area contributed by atoms with E-state index in [2.05, 4.69) is 6.07 Å². The van der Waals surface area contributed by atoms with E-state index in [-0.39, 0.29) is 11.7 Å². The van der Waals surface area contributed by atoms with E-state index in [0.29, 0.717) is 25.1 Å². The van der Waals surface area contributed by atoms with Crippen LogP contribution in [-0.2, 0) is 6.54 Å². The Hall–Kier alpha value is -2.00. The third-order valence-electron chi connectivity index (χ3n) is 2.78. The Kier molecular flexibility index (Phi) is 5.39. The standard InChI is InChI=1S/C13H16FN3O2/c1-10(2)16(5-3-4-15)9-11-6-12(14)8-13(7-11)17(18)19/h6-8,10H,3,5,9H2,1-2H3. The van der Waals surface area contributed by atoms with Crippen molar-refractivity contribution in [1.82, 2.24) is 4.90 Å². The van der Waals surface area contributed by atoms with Gasteiger partial charge in [-0.2, -0.15) is 5.26 Å². The SMILES string of the molecule is CC(C)N(CCC#N)Cc1cc(F)cc([N+](=O)[O-])c1. The van der Waals surface area contributed by atoms with Gasteiger partial charge in [0.15, 0.2) is 0 Å². The zero-order valence-electron chi connectivity index (χ0n) is 11.0. The predicted octanol–water partition coefficient (Wildman–Crippen LogP) is 2.86. The Morgan fingerprint density at radius 1 is 1.47 bits per heavy atom. The van der Waals surface area contributed by atoms with Crippen LogP contribution in [0, 0.1) is 27.3 Å². The highest BCUT2D eigenvalue weighted by atomic mass is 19.1. The average molecular weight is 265 g/mol. The molecule has 0 heterocycles. The molecule has 1 aromatic rings. The summed E-state index contributed by atoms with van der Waals surface area (Å²) in [5.41, 5.74) is 0.289. The van der Waals surface area contributed by atoms with Gasteiger partial charge in [-0.1, -0.05) is 0 Å². The summed E-state index contributed by atoms with van der Waals surface area (Å²) in [6.07, 6.45) is 0.371. The van der Waals surface area contributed by atoms with E-state index in [1.165, 1.54) is 12.1 Å². The van der Waals surface area contributed by atoms with E-state index < -0.39 is 10.7 Å². The van der Waals surface area contributed by atoms with Crippen molar-refractivity contribution >= 4 is 5.69 Å². The molecule has 0 aliphatic heterocycles. The number of nitro groups is 1. The number of nitrogens with zero attached hydrogens (tertiary/aromatic N) is 3. The van der Waals surface area contributed by atoms with Crippen LogP contribution >= 0.6 is 0 Å². The summed E-state index contributed by atoms with van der Waals surface area (Å²) in [6, 6.07) is 5.79. The summed E-state index contributed by atoms with van der Waals surface area (Å²) in [7, 11) is 0. The molecule has 102 valence electrons. The molecule has 0 aliphatic carbocycles. The number of benzene rings is 1. The maximum absolute atomic E-state index is 13.3. The molecular formula is C13H16FN3O2. The fraction of sp³-hybridized carbons (Fsp3) is 0.462. The molecule has 0 saturated heterocycles. The largest absolute Gasteiger partial charge is 0.296 e. The summed E-state index contributed by atoms with van der Waals surface area (Å²) in [5, 5.41) is 19.3. The Morgan fingerprint density at radius 2 is 2.16 bits per heavy atom. The molecule has 0 radical (unpaired) electrons. The first-order valence-electron chi connectivity index (χ1n) is 5.99. The normalized spacial score (nSPS) is 10.7. The van der Waals surface area contributed by atoms with Crippen molar-refractivity contribution in [3.05, 3.63) is 39.7 Å². The first-order chi connectivity index (χ1) is 8.93. The molecule has 0 amide bonds. The summed E-state index contributed by atoms with van der Waals surface area (Å²) in [6.45, 7) is 4.87. The van der Waals surface area contributed by atoms with Crippen LogP contribution in [0.15, 0.2) is 18.2 Å². The smallest absolute Gasteiger partial charge is 0.272 e. The van der Waals surface area contributed by atoms with Crippen molar-refractivity contribution in [2.45, 2.75) is 32.9 Å². The van der Waals surface area contributed by atoms with Gasteiger partial charge in [0.1, 0.15) is 5.82 Å². The van der Waals surface area contributed by atoms with Crippen LogP contribution in [0.4, 0.5) is 10.1 Å². The molecule has 19 heavy (non-hydrogen) atoms. The molecule has 5 nitrogen and oxygen atoms in total. The average Bonchev–Trinajstić information content (AvgIpc) is 2.33. The minimum absolute atomic E-state index is 0.177. The fourth-order valence-corrected chi connectivity index (χ4v) is 1.78. The number of non-ortho nitro benzene ring substituents is 1. The molecule has 6 heteroatoms. The highest BCUT2D eigenvalue weighted by Crippen LogP contribution is 2.18. The summed E-state index contributed by atoms with van der Waals surface area (Å²) in [4.78, 5) is 12.0. The Morgan fingerprint density at radius 3 is 2.68 bits per heavy atom. The zero-order valence-corrected chi connectivity index (χ0v) is 11.0. The minimum atomic E-state index is -0.617. The maximum Gasteiger partial charge on any atom is 0.272 e. The van der Waals surface area contributed by atoms with Gasteiger partial charge in [0.25, 0.3) is 5.69 Å². The van der Waals surface area contributed by atoms with Gasteiger partial charge in [-0.25, -0.2) is 4.39 Å². The van der Waals surface area contributed by atoms with Crippen molar-refractivity contribution in [2.24, 2.45) is 0 Å². The maximum atomic E-state index is 13.3. The number of rotatable bonds is 6. The number of hydrogen-bond donors (Lipinski definition) is 0. The monoisotopic (exact) mass is 265 g/mol. The van der Waals surface area contributed by atoms with Crippen molar-refractivity contribution in [3.63, 3.8) is 0 Å². The topological polar surface area (TPSA) is 70.2 Å². The molecule has 0 fully saturated rings. The van der Waals surface area contributed by atoms with Crippen molar-refractivity contribution in [3.8, 4) is 6.07 Å². The van der Waals surface area contributed by atoms with E-state index in [9.17, 15) is 14.5 Å². The molecule has 1 rings (SSSR count). The molecule has 0 N–H and O–H groups in total. The first kappa shape index (κ1) is 15.1. The number of halogens is 1. The van der Waals surface area contributed by atoms with Gasteiger partial charge in [0.2, 0.25) is 0 Å². The summed E-state index contributed by atoms with van der Waals surface area (Å²) < 4.78 is 13.3. The van der Waals surface area contributed by atoms with E-state index in [4.69, 9.17) is 5.26 Å². The lowest BCUT2D eigenvalue weighted by atomic mass is 10.1. The highest BCUT2D eigenvalue weighted by molar-refractivity contribution is 5.35. The predicted molar refractivity (Wildman–Crippen MR) is 68.8 cm³/mol. The Balaban J connectivity index is 2.90. The van der Waals surface area contributed by atoms with E-state index >= 15 is 0 Å². The van der Waals surface area contributed by atoms with E-state index in [1.807, 2.05) is 18.7 Å². The van der Waals surface area contributed by atoms with Gasteiger partial charge in [-0.3, -0.25) is 15.0 Å². The van der Waals surface area contributed by atoms with E-state index in [1.54, 1.807) is 0 Å². The van der Waals surface area contributed by atoms with E-state index in [0.717, 1.165) is 6.07 Å². The van der Waals surface area contributed by atoms with Crippen LogP contribution in [-0.4, -0.2) is 22.4 Å². The lowest BCUT2D eigenvalue weighted by Crippen LogP contribution is -2.31. The van der Waals surface area contributed by atoms with Gasteiger partial charge in [-0.05, 0) is 25.5 Å². The summed E-state index contributed by atoms with van der Waals surface area (Å²) >= 11 is 0. The van der Waals surface area contributed by atoms with Crippen molar-refractivity contribution in [1.29, 1.82) is 5.26 Å². The Bertz CT molecular complexity index is 497. The molecule has 0 aromatic heterocycles. The van der Waals surface area contributed by atoms with Gasteiger partial charge in [-0.15, -0.1) is 0 Å². The second-order valence-corrected chi connectivity index (χ2v) is 4.55. The molecule has 0 bridgehead atoms. The molecule has 1 aromatic carbocycles. The van der Waals surface area contributed by atoms with Gasteiger partial charge < -0.3 is 0 Å². The number of hydrogen-bond acceptors (Lipinski definition) is 4. The van der Waals surface area contributed by atoms with Crippen LogP contribution in [0.3, 0.4) is 0 Å². The molecule has 0 aliphatic rings. The van der Waals surface area contributed by atoms with Crippen LogP contribution in [0.1, 0.15) is 25.8 Å². The van der Waals surface area contributed by atoms with Crippen LogP contribution in [0.5, 0.6) is 0 Å². The van der Waals surface area contributed by atoms with Crippen LogP contribution in [0.25, 0.3) is 0 Å². The molecular weight excluding hydrogens is 249 g/mol. The third-order valence-corrected chi connectivity index (χ3v) is 2.78.